The Morgan fingerprint density at radius 1 is 1.26 bits per heavy atom. The first kappa shape index (κ1) is 12.3. The van der Waals surface area contributed by atoms with Gasteiger partial charge in [-0.15, -0.1) is 10.2 Å². The summed E-state index contributed by atoms with van der Waals surface area (Å²) in [6.45, 7) is 6.33. The van der Waals surface area contributed by atoms with Crippen LogP contribution < -0.4 is 5.32 Å². The molecule has 0 bridgehead atoms. The molecular formula is C14H18N4O. The Morgan fingerprint density at radius 3 is 2.63 bits per heavy atom. The highest BCUT2D eigenvalue weighted by Crippen LogP contribution is 2.19. The summed E-state index contributed by atoms with van der Waals surface area (Å²) in [7, 11) is 0. The van der Waals surface area contributed by atoms with E-state index in [9.17, 15) is 0 Å². The maximum absolute atomic E-state index is 5.94. The Kier molecular flexibility index (Phi) is 3.08. The number of benzene rings is 1. The molecule has 1 aromatic heterocycles. The van der Waals surface area contributed by atoms with E-state index in [4.69, 9.17) is 4.74 Å². The van der Waals surface area contributed by atoms with Crippen LogP contribution >= 0.6 is 0 Å². The molecule has 0 aliphatic carbocycles. The number of ether oxygens (including phenoxy) is 1. The molecule has 5 heteroatoms. The SMILES string of the molecule is Cc1nnc(COC2(C)CNC2)n1-c1ccccc1. The fraction of sp³-hybridized carbons (Fsp3) is 0.429. The van der Waals surface area contributed by atoms with E-state index in [0.717, 1.165) is 30.4 Å². The molecule has 0 spiro atoms. The number of nitrogens with one attached hydrogen (secondary N) is 1. The molecule has 0 saturated carbocycles. The highest BCUT2D eigenvalue weighted by molar-refractivity contribution is 5.33. The van der Waals surface area contributed by atoms with Gasteiger partial charge in [0.05, 0.1) is 5.60 Å². The van der Waals surface area contributed by atoms with Crippen molar-refractivity contribution in [3.8, 4) is 5.69 Å². The van der Waals surface area contributed by atoms with Crippen LogP contribution in [0.15, 0.2) is 30.3 Å². The lowest BCUT2D eigenvalue weighted by Crippen LogP contribution is -2.58. The highest BCUT2D eigenvalue weighted by Gasteiger charge is 2.33. The Bertz CT molecular complexity index is 560. The summed E-state index contributed by atoms with van der Waals surface area (Å²) >= 11 is 0. The number of nitrogens with zero attached hydrogens (tertiary/aromatic N) is 3. The van der Waals surface area contributed by atoms with Gasteiger partial charge in [-0.25, -0.2) is 0 Å². The topological polar surface area (TPSA) is 52.0 Å². The monoisotopic (exact) mass is 258 g/mol. The zero-order chi connectivity index (χ0) is 13.3. The Balaban J connectivity index is 1.82. The number of hydrogen-bond donors (Lipinski definition) is 1. The van der Waals surface area contributed by atoms with Gasteiger partial charge in [-0.3, -0.25) is 4.57 Å². The van der Waals surface area contributed by atoms with Crippen molar-refractivity contribution in [1.29, 1.82) is 0 Å². The van der Waals surface area contributed by atoms with E-state index in [0.29, 0.717) is 6.61 Å². The maximum atomic E-state index is 5.94. The van der Waals surface area contributed by atoms with E-state index in [1.807, 2.05) is 41.8 Å². The van der Waals surface area contributed by atoms with Crippen molar-refractivity contribution < 1.29 is 4.74 Å². The zero-order valence-corrected chi connectivity index (χ0v) is 11.3. The van der Waals surface area contributed by atoms with Crippen molar-refractivity contribution in [2.75, 3.05) is 13.1 Å². The van der Waals surface area contributed by atoms with Gasteiger partial charge in [-0.2, -0.15) is 0 Å². The molecule has 0 atom stereocenters. The maximum Gasteiger partial charge on any atom is 0.163 e. The van der Waals surface area contributed by atoms with Crippen LogP contribution in [-0.4, -0.2) is 33.5 Å². The lowest BCUT2D eigenvalue weighted by Gasteiger charge is -2.38. The molecule has 1 N–H and O–H groups in total. The predicted octanol–water partition coefficient (Wildman–Crippen LogP) is 1.45. The summed E-state index contributed by atoms with van der Waals surface area (Å²) in [6, 6.07) is 10.1. The first-order valence-electron chi connectivity index (χ1n) is 6.49. The van der Waals surface area contributed by atoms with Gasteiger partial charge >= 0.3 is 0 Å². The van der Waals surface area contributed by atoms with Crippen molar-refractivity contribution in [2.24, 2.45) is 0 Å². The molecule has 1 fully saturated rings. The van der Waals surface area contributed by atoms with E-state index in [1.165, 1.54) is 0 Å². The Hall–Kier alpha value is -1.72. The Morgan fingerprint density at radius 2 is 2.00 bits per heavy atom. The molecule has 2 heterocycles. The van der Waals surface area contributed by atoms with Gasteiger partial charge in [0, 0.05) is 18.8 Å². The Labute approximate surface area is 112 Å². The smallest absolute Gasteiger partial charge is 0.163 e. The van der Waals surface area contributed by atoms with Crippen molar-refractivity contribution in [3.05, 3.63) is 42.0 Å². The highest BCUT2D eigenvalue weighted by atomic mass is 16.5. The van der Waals surface area contributed by atoms with Gasteiger partial charge in [0.1, 0.15) is 12.4 Å². The van der Waals surface area contributed by atoms with E-state index in [1.54, 1.807) is 0 Å². The first-order chi connectivity index (χ1) is 9.18. The number of aryl methyl sites for hydroxylation is 1. The zero-order valence-electron chi connectivity index (χ0n) is 11.3. The molecule has 0 radical (unpaired) electrons. The quantitative estimate of drug-likeness (QED) is 0.902. The number of aromatic nitrogens is 3. The normalized spacial score (nSPS) is 17.2. The second-order valence-electron chi connectivity index (χ2n) is 5.18. The predicted molar refractivity (Wildman–Crippen MR) is 72.2 cm³/mol. The molecular weight excluding hydrogens is 240 g/mol. The molecule has 1 aromatic carbocycles. The second kappa shape index (κ2) is 4.75. The summed E-state index contributed by atoms with van der Waals surface area (Å²) in [5.74, 6) is 1.72. The van der Waals surface area contributed by atoms with Crippen LogP contribution in [0.25, 0.3) is 5.69 Å². The van der Waals surface area contributed by atoms with E-state index in [-0.39, 0.29) is 5.60 Å². The van der Waals surface area contributed by atoms with Crippen LogP contribution in [0.5, 0.6) is 0 Å². The molecule has 5 nitrogen and oxygen atoms in total. The van der Waals surface area contributed by atoms with Crippen LogP contribution in [-0.2, 0) is 11.3 Å². The fourth-order valence-corrected chi connectivity index (χ4v) is 2.23. The van der Waals surface area contributed by atoms with Gasteiger partial charge in [0.2, 0.25) is 0 Å². The van der Waals surface area contributed by atoms with E-state index < -0.39 is 0 Å². The number of para-hydroxylation sites is 1. The third-order valence-corrected chi connectivity index (χ3v) is 3.45. The van der Waals surface area contributed by atoms with Gasteiger partial charge in [-0.05, 0) is 26.0 Å². The van der Waals surface area contributed by atoms with Crippen LogP contribution in [0.4, 0.5) is 0 Å². The summed E-state index contributed by atoms with van der Waals surface area (Å²) in [5, 5.41) is 11.6. The minimum absolute atomic E-state index is 0.0681. The molecule has 1 aliphatic heterocycles. The summed E-state index contributed by atoms with van der Waals surface area (Å²) in [5.41, 5.74) is 1.00. The van der Waals surface area contributed by atoms with Crippen molar-refractivity contribution >= 4 is 0 Å². The van der Waals surface area contributed by atoms with E-state index in [2.05, 4.69) is 22.4 Å². The number of hydrogen-bond acceptors (Lipinski definition) is 4. The first-order valence-corrected chi connectivity index (χ1v) is 6.49. The second-order valence-corrected chi connectivity index (χ2v) is 5.18. The van der Waals surface area contributed by atoms with Crippen LogP contribution in [0.3, 0.4) is 0 Å². The average Bonchev–Trinajstić information content (AvgIpc) is 2.76. The van der Waals surface area contributed by atoms with Gasteiger partial charge in [0.25, 0.3) is 0 Å². The van der Waals surface area contributed by atoms with Gasteiger partial charge < -0.3 is 10.1 Å². The summed E-state index contributed by atoms with van der Waals surface area (Å²) in [4.78, 5) is 0. The van der Waals surface area contributed by atoms with Crippen LogP contribution in [0.2, 0.25) is 0 Å². The molecule has 1 aliphatic rings. The fourth-order valence-electron chi connectivity index (χ4n) is 2.23. The molecule has 100 valence electrons. The van der Waals surface area contributed by atoms with Gasteiger partial charge in [0.15, 0.2) is 5.82 Å². The van der Waals surface area contributed by atoms with Gasteiger partial charge in [-0.1, -0.05) is 18.2 Å². The summed E-state index contributed by atoms with van der Waals surface area (Å²) in [6.07, 6.45) is 0. The lowest BCUT2D eigenvalue weighted by atomic mass is 10.0. The molecule has 0 unspecified atom stereocenters. The standard InChI is InChI=1S/C14H18N4O/c1-11-16-17-13(8-19-14(2)9-15-10-14)18(11)12-6-4-3-5-7-12/h3-7,15H,8-10H2,1-2H3. The lowest BCUT2D eigenvalue weighted by molar-refractivity contribution is -0.0794. The summed E-state index contributed by atoms with van der Waals surface area (Å²) < 4.78 is 7.98. The molecule has 19 heavy (non-hydrogen) atoms. The molecule has 2 aromatic rings. The van der Waals surface area contributed by atoms with Crippen LogP contribution in [0.1, 0.15) is 18.6 Å². The van der Waals surface area contributed by atoms with Crippen molar-refractivity contribution in [2.45, 2.75) is 26.1 Å². The largest absolute Gasteiger partial charge is 0.365 e. The molecule has 3 rings (SSSR count). The third kappa shape index (κ3) is 2.39. The minimum Gasteiger partial charge on any atom is -0.365 e. The molecule has 0 amide bonds. The average molecular weight is 258 g/mol. The number of rotatable bonds is 4. The molecule has 1 saturated heterocycles. The third-order valence-electron chi connectivity index (χ3n) is 3.45. The van der Waals surface area contributed by atoms with E-state index >= 15 is 0 Å². The van der Waals surface area contributed by atoms with Crippen molar-refractivity contribution in [1.82, 2.24) is 20.1 Å². The van der Waals surface area contributed by atoms with Crippen molar-refractivity contribution in [3.63, 3.8) is 0 Å². The van der Waals surface area contributed by atoms with Crippen LogP contribution in [0, 0.1) is 6.92 Å². The minimum atomic E-state index is -0.0681.